The SMILES string of the molecule is COc1cc2nc(CCCN(C)C(=O)OCc3ccccc3)[nH]c2cc1OC. The largest absolute Gasteiger partial charge is 0.493 e. The van der Waals surface area contributed by atoms with Gasteiger partial charge in [-0.15, -0.1) is 0 Å². The lowest BCUT2D eigenvalue weighted by Crippen LogP contribution is -2.28. The number of aromatic amines is 1. The van der Waals surface area contributed by atoms with Crippen molar-refractivity contribution in [3.63, 3.8) is 0 Å². The van der Waals surface area contributed by atoms with Gasteiger partial charge < -0.3 is 24.1 Å². The fraction of sp³-hybridized carbons (Fsp3) is 0.333. The Hall–Kier alpha value is -3.22. The van der Waals surface area contributed by atoms with Crippen molar-refractivity contribution in [2.75, 3.05) is 27.8 Å². The van der Waals surface area contributed by atoms with Crippen LogP contribution in [-0.4, -0.2) is 48.8 Å². The lowest BCUT2D eigenvalue weighted by molar-refractivity contribution is 0.104. The molecule has 0 saturated heterocycles. The van der Waals surface area contributed by atoms with E-state index in [1.807, 2.05) is 42.5 Å². The molecule has 1 aromatic heterocycles. The quantitative estimate of drug-likeness (QED) is 0.641. The van der Waals surface area contributed by atoms with Crippen molar-refractivity contribution in [1.29, 1.82) is 0 Å². The van der Waals surface area contributed by atoms with Crippen molar-refractivity contribution in [3.05, 3.63) is 53.9 Å². The van der Waals surface area contributed by atoms with Gasteiger partial charge in [0, 0.05) is 32.1 Å². The first-order valence-corrected chi connectivity index (χ1v) is 9.13. The van der Waals surface area contributed by atoms with E-state index in [9.17, 15) is 4.79 Å². The Balaban J connectivity index is 1.50. The summed E-state index contributed by atoms with van der Waals surface area (Å²) in [5.41, 5.74) is 2.68. The van der Waals surface area contributed by atoms with Gasteiger partial charge >= 0.3 is 6.09 Å². The summed E-state index contributed by atoms with van der Waals surface area (Å²) in [6, 6.07) is 13.4. The summed E-state index contributed by atoms with van der Waals surface area (Å²) in [4.78, 5) is 21.6. The lowest BCUT2D eigenvalue weighted by atomic mass is 10.2. The van der Waals surface area contributed by atoms with Crippen LogP contribution >= 0.6 is 0 Å². The third-order valence-electron chi connectivity index (χ3n) is 4.46. The Morgan fingerprint density at radius 3 is 2.54 bits per heavy atom. The number of methoxy groups -OCH3 is 2. The second kappa shape index (κ2) is 9.12. The third kappa shape index (κ3) is 4.73. The number of carbonyl (C=O) groups excluding carboxylic acids is 1. The van der Waals surface area contributed by atoms with E-state index < -0.39 is 0 Å². The first kappa shape index (κ1) is 19.5. The molecule has 0 saturated carbocycles. The van der Waals surface area contributed by atoms with Crippen LogP contribution in [0.15, 0.2) is 42.5 Å². The monoisotopic (exact) mass is 383 g/mol. The number of aromatic nitrogens is 2. The average molecular weight is 383 g/mol. The number of amides is 1. The van der Waals surface area contributed by atoms with Gasteiger partial charge in [-0.1, -0.05) is 30.3 Å². The zero-order chi connectivity index (χ0) is 19.9. The normalized spacial score (nSPS) is 10.7. The summed E-state index contributed by atoms with van der Waals surface area (Å²) in [6.07, 6.45) is 1.16. The molecule has 0 radical (unpaired) electrons. The number of benzene rings is 2. The number of ether oxygens (including phenoxy) is 3. The van der Waals surface area contributed by atoms with Gasteiger partial charge in [0.1, 0.15) is 12.4 Å². The zero-order valence-corrected chi connectivity index (χ0v) is 16.4. The van der Waals surface area contributed by atoms with Crippen molar-refractivity contribution in [3.8, 4) is 11.5 Å². The number of fused-ring (bicyclic) bond motifs is 1. The van der Waals surface area contributed by atoms with E-state index in [4.69, 9.17) is 14.2 Å². The molecule has 7 heteroatoms. The van der Waals surface area contributed by atoms with Crippen LogP contribution < -0.4 is 9.47 Å². The van der Waals surface area contributed by atoms with Gasteiger partial charge in [-0.05, 0) is 12.0 Å². The fourth-order valence-corrected chi connectivity index (χ4v) is 2.91. The summed E-state index contributed by atoms with van der Waals surface area (Å²) in [5, 5.41) is 0. The van der Waals surface area contributed by atoms with Crippen LogP contribution in [0, 0.1) is 0 Å². The molecule has 0 unspecified atom stereocenters. The fourth-order valence-electron chi connectivity index (χ4n) is 2.91. The highest BCUT2D eigenvalue weighted by Crippen LogP contribution is 2.31. The highest BCUT2D eigenvalue weighted by Gasteiger charge is 2.12. The van der Waals surface area contributed by atoms with E-state index in [0.29, 0.717) is 18.0 Å². The zero-order valence-electron chi connectivity index (χ0n) is 16.4. The van der Waals surface area contributed by atoms with E-state index in [1.165, 1.54) is 0 Å². The Morgan fingerprint density at radius 2 is 1.82 bits per heavy atom. The predicted octanol–water partition coefficient (Wildman–Crippen LogP) is 3.78. The molecular weight excluding hydrogens is 358 g/mol. The van der Waals surface area contributed by atoms with Gasteiger partial charge in [0.15, 0.2) is 11.5 Å². The number of hydrogen-bond acceptors (Lipinski definition) is 5. The smallest absolute Gasteiger partial charge is 0.409 e. The second-order valence-electron chi connectivity index (χ2n) is 6.47. The molecule has 0 aliphatic carbocycles. The summed E-state index contributed by atoms with van der Waals surface area (Å²) < 4.78 is 16.0. The van der Waals surface area contributed by atoms with Crippen LogP contribution in [0.25, 0.3) is 11.0 Å². The van der Waals surface area contributed by atoms with Crippen LogP contribution in [0.1, 0.15) is 17.8 Å². The molecule has 1 N–H and O–H groups in total. The summed E-state index contributed by atoms with van der Waals surface area (Å²) >= 11 is 0. The maximum Gasteiger partial charge on any atom is 0.409 e. The molecule has 0 atom stereocenters. The Morgan fingerprint density at radius 1 is 1.11 bits per heavy atom. The van der Waals surface area contributed by atoms with Crippen LogP contribution in [-0.2, 0) is 17.8 Å². The molecule has 1 heterocycles. The lowest BCUT2D eigenvalue weighted by Gasteiger charge is -2.16. The molecule has 3 rings (SSSR count). The van der Waals surface area contributed by atoms with Gasteiger partial charge in [0.2, 0.25) is 0 Å². The van der Waals surface area contributed by atoms with Gasteiger partial charge in [-0.3, -0.25) is 0 Å². The van der Waals surface area contributed by atoms with Crippen LogP contribution in [0.2, 0.25) is 0 Å². The minimum absolute atomic E-state index is 0.275. The summed E-state index contributed by atoms with van der Waals surface area (Å²) in [5.74, 6) is 2.16. The minimum Gasteiger partial charge on any atom is -0.493 e. The molecule has 0 aliphatic heterocycles. The van der Waals surface area contributed by atoms with Crippen molar-refractivity contribution >= 4 is 17.1 Å². The van der Waals surface area contributed by atoms with Crippen molar-refractivity contribution in [2.24, 2.45) is 0 Å². The van der Waals surface area contributed by atoms with Crippen LogP contribution in [0.4, 0.5) is 4.79 Å². The first-order valence-electron chi connectivity index (χ1n) is 9.13. The molecule has 0 aliphatic rings. The number of H-pyrrole nitrogens is 1. The number of nitrogens with zero attached hydrogens (tertiary/aromatic N) is 2. The second-order valence-corrected chi connectivity index (χ2v) is 6.47. The number of imidazole rings is 1. The standard InChI is InChI=1S/C21H25N3O4/c1-24(21(25)28-14-15-8-5-4-6-9-15)11-7-10-20-22-16-12-18(26-2)19(27-3)13-17(16)23-20/h4-6,8-9,12-13H,7,10-11,14H2,1-3H3,(H,22,23). The summed E-state index contributed by atoms with van der Waals surface area (Å²) in [6.45, 7) is 0.856. The van der Waals surface area contributed by atoms with Crippen molar-refractivity contribution < 1.29 is 19.0 Å². The number of carbonyl (C=O) groups is 1. The van der Waals surface area contributed by atoms with E-state index in [1.54, 1.807) is 26.2 Å². The Labute approximate surface area is 164 Å². The molecule has 28 heavy (non-hydrogen) atoms. The van der Waals surface area contributed by atoms with Gasteiger partial charge in [-0.25, -0.2) is 9.78 Å². The van der Waals surface area contributed by atoms with E-state index in [-0.39, 0.29) is 12.7 Å². The van der Waals surface area contributed by atoms with Crippen molar-refractivity contribution in [1.82, 2.24) is 14.9 Å². The average Bonchev–Trinajstić information content (AvgIpc) is 3.12. The van der Waals surface area contributed by atoms with Gasteiger partial charge in [-0.2, -0.15) is 0 Å². The van der Waals surface area contributed by atoms with Crippen molar-refractivity contribution in [2.45, 2.75) is 19.4 Å². The molecule has 0 spiro atoms. The van der Waals surface area contributed by atoms with E-state index >= 15 is 0 Å². The molecular formula is C21H25N3O4. The maximum absolute atomic E-state index is 12.1. The molecule has 7 nitrogen and oxygen atoms in total. The third-order valence-corrected chi connectivity index (χ3v) is 4.46. The van der Waals surface area contributed by atoms with E-state index in [0.717, 1.165) is 35.3 Å². The molecule has 148 valence electrons. The van der Waals surface area contributed by atoms with Crippen LogP contribution in [0.5, 0.6) is 11.5 Å². The number of rotatable bonds is 8. The molecule has 1 amide bonds. The van der Waals surface area contributed by atoms with Crippen LogP contribution in [0.3, 0.4) is 0 Å². The number of aryl methyl sites for hydroxylation is 1. The number of hydrogen-bond donors (Lipinski definition) is 1. The highest BCUT2D eigenvalue weighted by molar-refractivity contribution is 5.79. The maximum atomic E-state index is 12.1. The van der Waals surface area contributed by atoms with E-state index in [2.05, 4.69) is 9.97 Å². The van der Waals surface area contributed by atoms with Gasteiger partial charge in [0.05, 0.1) is 25.3 Å². The molecule has 3 aromatic rings. The molecule has 0 bridgehead atoms. The predicted molar refractivity (Wildman–Crippen MR) is 107 cm³/mol. The van der Waals surface area contributed by atoms with Gasteiger partial charge in [0.25, 0.3) is 0 Å². The highest BCUT2D eigenvalue weighted by atomic mass is 16.6. The molecule has 0 fully saturated rings. The Kier molecular flexibility index (Phi) is 6.37. The minimum atomic E-state index is -0.331. The summed E-state index contributed by atoms with van der Waals surface area (Å²) in [7, 11) is 4.94. The topological polar surface area (TPSA) is 76.7 Å². The first-order chi connectivity index (χ1) is 13.6. The Bertz CT molecular complexity index is 883. The number of nitrogens with one attached hydrogen (secondary N) is 1. The molecule has 2 aromatic carbocycles.